The van der Waals surface area contributed by atoms with Gasteiger partial charge in [-0.25, -0.2) is 4.39 Å². The van der Waals surface area contributed by atoms with Gasteiger partial charge in [0.25, 0.3) is 5.89 Å². The maximum absolute atomic E-state index is 14.9. The highest BCUT2D eigenvalue weighted by Gasteiger charge is 2.51. The zero-order valence-corrected chi connectivity index (χ0v) is 24.6. The number of ether oxygens (including phenoxy) is 3. The number of rotatable bonds is 9. The van der Waals surface area contributed by atoms with Crippen molar-refractivity contribution in [3.8, 4) is 34.0 Å². The fourth-order valence-corrected chi connectivity index (χ4v) is 5.28. The van der Waals surface area contributed by atoms with E-state index in [4.69, 9.17) is 18.7 Å². The normalized spacial score (nSPS) is 15.3. The summed E-state index contributed by atoms with van der Waals surface area (Å²) in [5.41, 5.74) is 2.03. The second kappa shape index (κ2) is 13.2. The summed E-state index contributed by atoms with van der Waals surface area (Å²) in [6, 6.07) is 21.8. The van der Waals surface area contributed by atoms with Crippen LogP contribution in [0.25, 0.3) is 34.0 Å². The molecule has 11 heteroatoms. The smallest absolute Gasteiger partial charge is 0.326 e. The van der Waals surface area contributed by atoms with Gasteiger partial charge in [-0.3, -0.25) is 19.3 Å². The minimum absolute atomic E-state index is 0.196. The summed E-state index contributed by atoms with van der Waals surface area (Å²) in [7, 11) is 1.23. The van der Waals surface area contributed by atoms with Gasteiger partial charge in [-0.2, -0.15) is 4.98 Å². The van der Waals surface area contributed by atoms with Crippen molar-refractivity contribution in [2.24, 2.45) is 5.41 Å². The van der Waals surface area contributed by atoms with Crippen LogP contribution in [-0.2, 0) is 35.1 Å². The summed E-state index contributed by atoms with van der Waals surface area (Å²) < 4.78 is 35.4. The number of likely N-dealkylation sites (tertiary alicyclic amines) is 1. The van der Waals surface area contributed by atoms with Crippen LogP contribution in [0.3, 0.4) is 0 Å². The van der Waals surface area contributed by atoms with Crippen LogP contribution in [0.1, 0.15) is 32.3 Å². The van der Waals surface area contributed by atoms with E-state index in [9.17, 15) is 18.8 Å². The molecular formula is C33H32FN3O7. The summed E-state index contributed by atoms with van der Waals surface area (Å²) in [4.78, 5) is 43.4. The van der Waals surface area contributed by atoms with Crippen molar-refractivity contribution in [1.29, 1.82) is 0 Å². The van der Waals surface area contributed by atoms with Gasteiger partial charge in [0, 0.05) is 50.2 Å². The number of carbonyl (C=O) groups is 3. The van der Waals surface area contributed by atoms with Crippen molar-refractivity contribution in [1.82, 2.24) is 15.0 Å². The molecule has 44 heavy (non-hydrogen) atoms. The van der Waals surface area contributed by atoms with Crippen LogP contribution in [0.4, 0.5) is 4.39 Å². The number of hydrogen-bond donors (Lipinski definition) is 0. The van der Waals surface area contributed by atoms with Gasteiger partial charge >= 0.3 is 17.9 Å². The molecule has 228 valence electrons. The lowest BCUT2D eigenvalue weighted by molar-refractivity contribution is -0.197. The molecule has 1 saturated heterocycles. The van der Waals surface area contributed by atoms with E-state index in [1.54, 1.807) is 12.1 Å². The second-order valence-electron chi connectivity index (χ2n) is 10.6. The largest absolute Gasteiger partial charge is 0.468 e. The standard InChI is InChI=1S/C33H32FN3O7/c1-21(38)42-22(2)43-32(40)33(31(39)41-3)15-17-37(18-16-33)20-23-9-11-25(12-10-23)29-35-30(44-36-29)26-13-14-27(28(34)19-26)24-7-5-4-6-8-24/h4-14,19,22H,15-18,20H2,1-3H3. The van der Waals surface area contributed by atoms with Crippen LogP contribution < -0.4 is 0 Å². The molecule has 1 aliphatic rings. The molecule has 0 radical (unpaired) electrons. The molecule has 0 bridgehead atoms. The number of esters is 3. The minimum Gasteiger partial charge on any atom is -0.468 e. The highest BCUT2D eigenvalue weighted by atomic mass is 19.1. The van der Waals surface area contributed by atoms with Gasteiger partial charge in [-0.1, -0.05) is 65.8 Å². The van der Waals surface area contributed by atoms with Crippen molar-refractivity contribution in [2.45, 2.75) is 39.5 Å². The predicted octanol–water partition coefficient (Wildman–Crippen LogP) is 5.42. The molecule has 1 aromatic heterocycles. The molecule has 0 amide bonds. The average Bonchev–Trinajstić information content (AvgIpc) is 3.52. The van der Waals surface area contributed by atoms with E-state index in [-0.39, 0.29) is 24.5 Å². The van der Waals surface area contributed by atoms with E-state index in [1.807, 2.05) is 54.6 Å². The maximum Gasteiger partial charge on any atom is 0.326 e. The number of halogens is 1. The van der Waals surface area contributed by atoms with Gasteiger partial charge in [-0.15, -0.1) is 0 Å². The SMILES string of the molecule is COC(=O)C1(C(=O)OC(C)OC(C)=O)CCN(Cc2ccc(-c3noc(-c4ccc(-c5ccccc5)c(F)c4)n3)cc2)CC1. The van der Waals surface area contributed by atoms with E-state index in [1.165, 1.54) is 27.0 Å². The Hall–Kier alpha value is -4.90. The lowest BCUT2D eigenvalue weighted by atomic mass is 9.78. The highest BCUT2D eigenvalue weighted by molar-refractivity contribution is 6.00. The molecule has 4 aromatic rings. The van der Waals surface area contributed by atoms with Crippen molar-refractivity contribution in [3.63, 3.8) is 0 Å². The zero-order chi connectivity index (χ0) is 31.3. The Balaban J connectivity index is 1.21. The molecule has 1 atom stereocenters. The van der Waals surface area contributed by atoms with Crippen LogP contribution in [0.2, 0.25) is 0 Å². The first-order valence-electron chi connectivity index (χ1n) is 14.2. The number of nitrogens with zero attached hydrogens (tertiary/aromatic N) is 3. The summed E-state index contributed by atoms with van der Waals surface area (Å²) in [5.74, 6) is -1.82. The van der Waals surface area contributed by atoms with Gasteiger partial charge in [-0.05, 0) is 36.1 Å². The minimum atomic E-state index is -1.47. The molecule has 0 aliphatic carbocycles. The third kappa shape index (κ3) is 6.68. The highest BCUT2D eigenvalue weighted by Crippen LogP contribution is 2.36. The summed E-state index contributed by atoms with van der Waals surface area (Å²) >= 11 is 0. The maximum atomic E-state index is 14.9. The van der Waals surface area contributed by atoms with Crippen LogP contribution in [-0.4, -0.2) is 59.4 Å². The molecule has 0 N–H and O–H groups in total. The quantitative estimate of drug-likeness (QED) is 0.140. The van der Waals surface area contributed by atoms with E-state index in [0.29, 0.717) is 36.6 Å². The van der Waals surface area contributed by atoms with E-state index < -0.39 is 29.6 Å². The first kappa shape index (κ1) is 30.6. The lowest BCUT2D eigenvalue weighted by Crippen LogP contribution is -2.50. The Bertz CT molecular complexity index is 1630. The molecule has 1 unspecified atom stereocenters. The third-order valence-corrected chi connectivity index (χ3v) is 7.63. The van der Waals surface area contributed by atoms with Gasteiger partial charge in [0.2, 0.25) is 12.1 Å². The number of methoxy groups -OCH3 is 1. The molecular weight excluding hydrogens is 569 g/mol. The predicted molar refractivity (Wildman–Crippen MR) is 157 cm³/mol. The first-order valence-corrected chi connectivity index (χ1v) is 14.2. The Morgan fingerprint density at radius 2 is 1.61 bits per heavy atom. The van der Waals surface area contributed by atoms with E-state index >= 15 is 0 Å². The molecule has 2 heterocycles. The topological polar surface area (TPSA) is 121 Å². The molecule has 1 fully saturated rings. The van der Waals surface area contributed by atoms with Crippen LogP contribution >= 0.6 is 0 Å². The van der Waals surface area contributed by atoms with Crippen molar-refractivity contribution >= 4 is 17.9 Å². The zero-order valence-electron chi connectivity index (χ0n) is 24.6. The Morgan fingerprint density at radius 3 is 2.25 bits per heavy atom. The number of benzene rings is 3. The van der Waals surface area contributed by atoms with Gasteiger partial charge in [0.05, 0.1) is 7.11 Å². The summed E-state index contributed by atoms with van der Waals surface area (Å²) in [6.07, 6.45) is -0.723. The fraction of sp³-hybridized carbons (Fsp3) is 0.303. The third-order valence-electron chi connectivity index (χ3n) is 7.63. The summed E-state index contributed by atoms with van der Waals surface area (Å²) in [5, 5.41) is 4.08. The Kier molecular flexibility index (Phi) is 9.15. The van der Waals surface area contributed by atoms with E-state index in [0.717, 1.165) is 16.7 Å². The number of piperidine rings is 1. The van der Waals surface area contributed by atoms with Crippen molar-refractivity contribution in [3.05, 3.63) is 84.2 Å². The number of hydrogen-bond acceptors (Lipinski definition) is 10. The molecule has 5 rings (SSSR count). The Labute approximate surface area is 253 Å². The van der Waals surface area contributed by atoms with E-state index in [2.05, 4.69) is 15.0 Å². The summed E-state index contributed by atoms with van der Waals surface area (Å²) in [6.45, 7) is 4.10. The monoisotopic (exact) mass is 601 g/mol. The van der Waals surface area contributed by atoms with Gasteiger partial charge < -0.3 is 18.7 Å². The van der Waals surface area contributed by atoms with Gasteiger partial charge in [0.1, 0.15) is 5.82 Å². The molecule has 0 spiro atoms. The molecule has 0 saturated carbocycles. The number of carbonyl (C=O) groups excluding carboxylic acids is 3. The van der Waals surface area contributed by atoms with Crippen LogP contribution in [0, 0.1) is 11.2 Å². The molecule has 1 aliphatic heterocycles. The van der Waals surface area contributed by atoms with Crippen LogP contribution in [0.15, 0.2) is 77.3 Å². The van der Waals surface area contributed by atoms with Crippen molar-refractivity contribution < 1.29 is 37.5 Å². The Morgan fingerprint density at radius 1 is 0.932 bits per heavy atom. The van der Waals surface area contributed by atoms with Crippen molar-refractivity contribution in [2.75, 3.05) is 20.2 Å². The van der Waals surface area contributed by atoms with Gasteiger partial charge in [0.15, 0.2) is 5.41 Å². The lowest BCUT2D eigenvalue weighted by Gasteiger charge is -2.38. The second-order valence-corrected chi connectivity index (χ2v) is 10.6. The molecule has 10 nitrogen and oxygen atoms in total. The number of aromatic nitrogens is 2. The van der Waals surface area contributed by atoms with Crippen LogP contribution in [0.5, 0.6) is 0 Å². The molecule has 3 aromatic carbocycles. The average molecular weight is 602 g/mol. The fourth-order valence-electron chi connectivity index (χ4n) is 5.28. The first-order chi connectivity index (χ1) is 21.2.